The maximum atomic E-state index is 10.7. The highest BCUT2D eigenvalue weighted by atomic mass is 16.3. The van der Waals surface area contributed by atoms with E-state index >= 15 is 0 Å². The SMILES string of the molecule is Oc1c2c(c(O)n1-c1ccccc1)Cc1cc3nccnc3cc1C2. The van der Waals surface area contributed by atoms with Crippen molar-refractivity contribution >= 4 is 11.0 Å². The van der Waals surface area contributed by atoms with Crippen LogP contribution in [-0.2, 0) is 12.8 Å². The fourth-order valence-corrected chi connectivity index (χ4v) is 3.64. The maximum Gasteiger partial charge on any atom is 0.202 e. The van der Waals surface area contributed by atoms with E-state index in [1.165, 1.54) is 4.57 Å². The molecule has 25 heavy (non-hydrogen) atoms. The number of aromatic nitrogens is 3. The van der Waals surface area contributed by atoms with Gasteiger partial charge in [0.05, 0.1) is 16.7 Å². The van der Waals surface area contributed by atoms with Crippen LogP contribution in [0.2, 0.25) is 0 Å². The summed E-state index contributed by atoms with van der Waals surface area (Å²) in [4.78, 5) is 8.72. The van der Waals surface area contributed by atoms with Crippen LogP contribution >= 0.6 is 0 Å². The summed E-state index contributed by atoms with van der Waals surface area (Å²) in [5.74, 6) is 0.201. The van der Waals surface area contributed by atoms with Crippen LogP contribution in [-0.4, -0.2) is 24.7 Å². The average molecular weight is 329 g/mol. The number of rotatable bonds is 1. The summed E-state index contributed by atoms with van der Waals surface area (Å²) >= 11 is 0. The zero-order valence-electron chi connectivity index (χ0n) is 13.3. The van der Waals surface area contributed by atoms with Gasteiger partial charge >= 0.3 is 0 Å². The molecule has 2 aromatic heterocycles. The molecule has 2 aromatic carbocycles. The molecule has 2 N–H and O–H groups in total. The zero-order valence-corrected chi connectivity index (χ0v) is 13.3. The molecule has 0 atom stereocenters. The predicted octanol–water partition coefficient (Wildman–Crippen LogP) is 3.33. The second-order valence-electron chi connectivity index (χ2n) is 6.29. The lowest BCUT2D eigenvalue weighted by molar-refractivity contribution is 0.400. The van der Waals surface area contributed by atoms with Gasteiger partial charge in [-0.05, 0) is 35.4 Å². The van der Waals surface area contributed by atoms with Gasteiger partial charge < -0.3 is 10.2 Å². The van der Waals surface area contributed by atoms with Crippen LogP contribution in [0.1, 0.15) is 22.3 Å². The second kappa shape index (κ2) is 5.08. The quantitative estimate of drug-likeness (QED) is 0.495. The van der Waals surface area contributed by atoms with Gasteiger partial charge in [0, 0.05) is 36.4 Å². The molecular weight excluding hydrogens is 314 g/mol. The highest BCUT2D eigenvalue weighted by Gasteiger charge is 2.28. The number of benzene rings is 2. The highest BCUT2D eigenvalue weighted by Crippen LogP contribution is 2.42. The summed E-state index contributed by atoms with van der Waals surface area (Å²) in [5, 5.41) is 21.4. The molecule has 0 bridgehead atoms. The van der Waals surface area contributed by atoms with Crippen molar-refractivity contribution in [3.63, 3.8) is 0 Å². The lowest BCUT2D eigenvalue weighted by atomic mass is 9.87. The van der Waals surface area contributed by atoms with Crippen molar-refractivity contribution in [2.75, 3.05) is 0 Å². The third kappa shape index (κ3) is 2.02. The molecule has 5 rings (SSSR count). The van der Waals surface area contributed by atoms with Gasteiger partial charge in [0.25, 0.3) is 0 Å². The number of aromatic hydroxyl groups is 2. The lowest BCUT2D eigenvalue weighted by Gasteiger charge is -2.17. The summed E-state index contributed by atoms with van der Waals surface area (Å²) in [6, 6.07) is 13.4. The van der Waals surface area contributed by atoms with Crippen molar-refractivity contribution < 1.29 is 10.2 Å². The van der Waals surface area contributed by atoms with Gasteiger partial charge in [-0.1, -0.05) is 18.2 Å². The average Bonchev–Trinajstić information content (AvgIpc) is 2.89. The van der Waals surface area contributed by atoms with Crippen molar-refractivity contribution in [2.24, 2.45) is 0 Å². The molecule has 0 radical (unpaired) electrons. The zero-order chi connectivity index (χ0) is 17.0. The minimum atomic E-state index is 0.101. The Labute approximate surface area is 143 Å². The molecule has 0 amide bonds. The Morgan fingerprint density at radius 2 is 1.28 bits per heavy atom. The van der Waals surface area contributed by atoms with Gasteiger partial charge in [-0.2, -0.15) is 0 Å². The Bertz CT molecular complexity index is 1050. The van der Waals surface area contributed by atoms with E-state index in [2.05, 4.69) is 9.97 Å². The topological polar surface area (TPSA) is 71.2 Å². The fraction of sp³-hybridized carbons (Fsp3) is 0.100. The fourth-order valence-electron chi connectivity index (χ4n) is 3.64. The van der Waals surface area contributed by atoms with Crippen LogP contribution in [0.4, 0.5) is 0 Å². The summed E-state index contributed by atoms with van der Waals surface area (Å²) in [7, 11) is 0. The van der Waals surface area contributed by atoms with Crippen LogP contribution < -0.4 is 0 Å². The normalized spacial score (nSPS) is 12.8. The Hall–Kier alpha value is -3.34. The van der Waals surface area contributed by atoms with E-state index in [4.69, 9.17) is 0 Å². The molecular formula is C20H15N3O2. The van der Waals surface area contributed by atoms with Crippen molar-refractivity contribution in [2.45, 2.75) is 12.8 Å². The molecule has 1 aliphatic rings. The molecule has 0 unspecified atom stereocenters. The molecule has 0 saturated carbocycles. The Morgan fingerprint density at radius 1 is 0.760 bits per heavy atom. The van der Waals surface area contributed by atoms with Crippen molar-refractivity contribution in [1.82, 2.24) is 14.5 Å². The highest BCUT2D eigenvalue weighted by molar-refractivity contribution is 5.77. The molecule has 122 valence electrons. The van der Waals surface area contributed by atoms with Crippen LogP contribution in [0, 0.1) is 0 Å². The van der Waals surface area contributed by atoms with Crippen molar-refractivity contribution in [3.8, 4) is 17.4 Å². The van der Waals surface area contributed by atoms with Crippen LogP contribution in [0.3, 0.4) is 0 Å². The van der Waals surface area contributed by atoms with E-state index in [9.17, 15) is 10.2 Å². The molecule has 1 aliphatic carbocycles. The van der Waals surface area contributed by atoms with Gasteiger partial charge in [-0.15, -0.1) is 0 Å². The second-order valence-corrected chi connectivity index (χ2v) is 6.29. The molecule has 4 aromatic rings. The monoisotopic (exact) mass is 329 g/mol. The van der Waals surface area contributed by atoms with Gasteiger partial charge in [-0.3, -0.25) is 14.5 Å². The third-order valence-corrected chi connectivity index (χ3v) is 4.87. The Balaban J connectivity index is 1.69. The van der Waals surface area contributed by atoms with Crippen LogP contribution in [0.5, 0.6) is 11.8 Å². The van der Waals surface area contributed by atoms with E-state index in [0.29, 0.717) is 12.8 Å². The molecule has 0 fully saturated rings. The molecule has 0 spiro atoms. The largest absolute Gasteiger partial charge is 0.494 e. The maximum absolute atomic E-state index is 10.7. The molecule has 0 aliphatic heterocycles. The first-order valence-electron chi connectivity index (χ1n) is 8.14. The third-order valence-electron chi connectivity index (χ3n) is 4.87. The van der Waals surface area contributed by atoms with E-state index in [1.54, 1.807) is 12.4 Å². The van der Waals surface area contributed by atoms with Crippen LogP contribution in [0.15, 0.2) is 54.9 Å². The first kappa shape index (κ1) is 14.0. The van der Waals surface area contributed by atoms with Gasteiger partial charge in [0.15, 0.2) is 0 Å². The first-order chi connectivity index (χ1) is 12.2. The summed E-state index contributed by atoms with van der Waals surface area (Å²) in [6.45, 7) is 0. The molecule has 0 saturated heterocycles. The van der Waals surface area contributed by atoms with E-state index < -0.39 is 0 Å². The Kier molecular flexibility index (Phi) is 2.85. The minimum Gasteiger partial charge on any atom is -0.494 e. The van der Waals surface area contributed by atoms with Gasteiger partial charge in [-0.25, -0.2) is 0 Å². The standard InChI is InChI=1S/C20H15N3O2/c24-19-15-8-12-10-17-18(22-7-6-21-17)11-13(12)9-16(15)20(25)23(19)14-4-2-1-3-5-14/h1-7,10-11,24-25H,8-9H2. The predicted molar refractivity (Wildman–Crippen MR) is 94.2 cm³/mol. The van der Waals surface area contributed by atoms with E-state index in [0.717, 1.165) is 39.0 Å². The summed E-state index contributed by atoms with van der Waals surface area (Å²) < 4.78 is 1.51. The first-order valence-corrected chi connectivity index (χ1v) is 8.14. The van der Waals surface area contributed by atoms with Gasteiger partial charge in [0.1, 0.15) is 0 Å². The smallest absolute Gasteiger partial charge is 0.202 e. The number of fused-ring (bicyclic) bond motifs is 3. The number of hydrogen-bond acceptors (Lipinski definition) is 4. The van der Waals surface area contributed by atoms with E-state index in [1.807, 2.05) is 42.5 Å². The summed E-state index contributed by atoms with van der Waals surface area (Å²) in [5.41, 5.74) is 6.20. The van der Waals surface area contributed by atoms with Crippen molar-refractivity contribution in [1.29, 1.82) is 0 Å². The summed E-state index contributed by atoms with van der Waals surface area (Å²) in [6.07, 6.45) is 4.49. The molecule has 2 heterocycles. The number of nitrogens with zero attached hydrogens (tertiary/aromatic N) is 3. The lowest BCUT2D eigenvalue weighted by Crippen LogP contribution is -2.06. The van der Waals surface area contributed by atoms with E-state index in [-0.39, 0.29) is 11.8 Å². The Morgan fingerprint density at radius 3 is 1.80 bits per heavy atom. The minimum absolute atomic E-state index is 0.101. The number of hydrogen-bond donors (Lipinski definition) is 2. The molecule has 5 nitrogen and oxygen atoms in total. The molecule has 5 heteroatoms. The number of para-hydroxylation sites is 1. The van der Waals surface area contributed by atoms with Crippen LogP contribution in [0.25, 0.3) is 16.7 Å². The van der Waals surface area contributed by atoms with Crippen molar-refractivity contribution in [3.05, 3.63) is 77.1 Å². The van der Waals surface area contributed by atoms with Gasteiger partial charge in [0.2, 0.25) is 11.8 Å².